The van der Waals surface area contributed by atoms with E-state index in [-0.39, 0.29) is 29.8 Å². The summed E-state index contributed by atoms with van der Waals surface area (Å²) >= 11 is 0. The standard InChI is InChI=1S/C22H26N2O3/c1-22(18-6-4-3-5-7-18)12-17(13-22)21(26)24-14-16-8-10-19(11-9-16)27-15-20(25)23-2/h3-11,17H,12-15H2,1-2H3,(H,23,25)(H,24,26). The Balaban J connectivity index is 1.44. The van der Waals surface area contributed by atoms with Crippen LogP contribution in [-0.2, 0) is 21.5 Å². The van der Waals surface area contributed by atoms with E-state index in [4.69, 9.17) is 4.74 Å². The Morgan fingerprint density at radius 3 is 2.37 bits per heavy atom. The minimum absolute atomic E-state index is 0.00551. The highest BCUT2D eigenvalue weighted by Gasteiger charge is 2.44. The molecule has 1 aliphatic rings. The van der Waals surface area contributed by atoms with Crippen LogP contribution in [0, 0.1) is 5.92 Å². The SMILES string of the molecule is CNC(=O)COc1ccc(CNC(=O)C2CC(C)(c3ccccc3)C2)cc1. The number of hydrogen-bond donors (Lipinski definition) is 2. The Morgan fingerprint density at radius 2 is 1.74 bits per heavy atom. The lowest BCUT2D eigenvalue weighted by Gasteiger charge is -2.45. The van der Waals surface area contributed by atoms with Gasteiger partial charge in [0, 0.05) is 19.5 Å². The van der Waals surface area contributed by atoms with Crippen molar-refractivity contribution in [3.63, 3.8) is 0 Å². The molecule has 0 aliphatic heterocycles. The van der Waals surface area contributed by atoms with Crippen molar-refractivity contribution in [2.45, 2.75) is 31.7 Å². The van der Waals surface area contributed by atoms with E-state index < -0.39 is 0 Å². The molecule has 0 aromatic heterocycles. The molecule has 27 heavy (non-hydrogen) atoms. The van der Waals surface area contributed by atoms with Crippen LogP contribution in [0.15, 0.2) is 54.6 Å². The van der Waals surface area contributed by atoms with Crippen LogP contribution in [0.4, 0.5) is 0 Å². The zero-order chi connectivity index (χ0) is 19.3. The van der Waals surface area contributed by atoms with Crippen LogP contribution in [0.5, 0.6) is 5.75 Å². The first-order valence-corrected chi connectivity index (χ1v) is 9.26. The molecule has 1 aliphatic carbocycles. The zero-order valence-electron chi connectivity index (χ0n) is 15.8. The molecule has 1 saturated carbocycles. The molecule has 0 radical (unpaired) electrons. The summed E-state index contributed by atoms with van der Waals surface area (Å²) < 4.78 is 5.37. The van der Waals surface area contributed by atoms with E-state index in [0.29, 0.717) is 12.3 Å². The Morgan fingerprint density at radius 1 is 1.07 bits per heavy atom. The number of carbonyl (C=O) groups excluding carboxylic acids is 2. The largest absolute Gasteiger partial charge is 0.484 e. The summed E-state index contributed by atoms with van der Waals surface area (Å²) in [4.78, 5) is 23.6. The maximum absolute atomic E-state index is 12.4. The second-order valence-electron chi connectivity index (χ2n) is 7.36. The van der Waals surface area contributed by atoms with Crippen molar-refractivity contribution in [3.05, 3.63) is 65.7 Å². The highest BCUT2D eigenvalue weighted by atomic mass is 16.5. The van der Waals surface area contributed by atoms with Crippen molar-refractivity contribution in [1.82, 2.24) is 10.6 Å². The lowest BCUT2D eigenvalue weighted by molar-refractivity contribution is -0.129. The Kier molecular flexibility index (Phi) is 5.79. The van der Waals surface area contributed by atoms with E-state index in [1.165, 1.54) is 5.56 Å². The normalized spacial score (nSPS) is 21.0. The monoisotopic (exact) mass is 366 g/mol. The quantitative estimate of drug-likeness (QED) is 0.792. The fourth-order valence-electron chi connectivity index (χ4n) is 3.55. The number of amides is 2. The molecule has 1 fully saturated rings. The third kappa shape index (κ3) is 4.67. The minimum atomic E-state index is -0.172. The molecule has 2 N–H and O–H groups in total. The summed E-state index contributed by atoms with van der Waals surface area (Å²) in [5.74, 6) is 0.648. The van der Waals surface area contributed by atoms with Gasteiger partial charge in [-0.05, 0) is 41.5 Å². The molecule has 0 heterocycles. The van der Waals surface area contributed by atoms with Gasteiger partial charge in [-0.3, -0.25) is 9.59 Å². The Hall–Kier alpha value is -2.82. The van der Waals surface area contributed by atoms with Crippen molar-refractivity contribution in [2.24, 2.45) is 5.92 Å². The Labute approximate surface area is 160 Å². The summed E-state index contributed by atoms with van der Waals surface area (Å²) in [6.45, 7) is 2.71. The predicted molar refractivity (Wildman–Crippen MR) is 104 cm³/mol. The number of benzene rings is 2. The molecule has 0 bridgehead atoms. The van der Waals surface area contributed by atoms with Crippen LogP contribution in [0.3, 0.4) is 0 Å². The maximum atomic E-state index is 12.4. The van der Waals surface area contributed by atoms with Crippen molar-refractivity contribution < 1.29 is 14.3 Å². The fraction of sp³-hybridized carbons (Fsp3) is 0.364. The molecule has 5 nitrogen and oxygen atoms in total. The molecular weight excluding hydrogens is 340 g/mol. The van der Waals surface area contributed by atoms with Crippen molar-refractivity contribution in [1.29, 1.82) is 0 Å². The van der Waals surface area contributed by atoms with Crippen LogP contribution < -0.4 is 15.4 Å². The van der Waals surface area contributed by atoms with Crippen molar-refractivity contribution >= 4 is 11.8 Å². The second kappa shape index (κ2) is 8.25. The molecule has 0 unspecified atom stereocenters. The van der Waals surface area contributed by atoms with Gasteiger partial charge >= 0.3 is 0 Å². The number of nitrogens with one attached hydrogen (secondary N) is 2. The summed E-state index contributed by atoms with van der Waals surface area (Å²) in [5.41, 5.74) is 2.41. The predicted octanol–water partition coefficient (Wildman–Crippen LogP) is 2.80. The smallest absolute Gasteiger partial charge is 0.257 e. The molecule has 3 rings (SSSR count). The Bertz CT molecular complexity index is 781. The molecule has 2 aromatic carbocycles. The van der Waals surface area contributed by atoms with Gasteiger partial charge in [0.05, 0.1) is 0 Å². The molecule has 0 atom stereocenters. The van der Waals surface area contributed by atoms with Crippen LogP contribution in [0.25, 0.3) is 0 Å². The van der Waals surface area contributed by atoms with E-state index in [2.05, 4.69) is 41.8 Å². The van der Waals surface area contributed by atoms with Gasteiger partial charge in [0.15, 0.2) is 6.61 Å². The number of ether oxygens (including phenoxy) is 1. The molecule has 2 amide bonds. The fourth-order valence-corrected chi connectivity index (χ4v) is 3.55. The minimum Gasteiger partial charge on any atom is -0.484 e. The summed E-state index contributed by atoms with van der Waals surface area (Å²) in [6.07, 6.45) is 1.77. The zero-order valence-corrected chi connectivity index (χ0v) is 15.8. The highest BCUT2D eigenvalue weighted by molar-refractivity contribution is 5.80. The molecule has 0 saturated heterocycles. The van der Waals surface area contributed by atoms with Gasteiger partial charge in [-0.1, -0.05) is 49.4 Å². The summed E-state index contributed by atoms with van der Waals surface area (Å²) in [5, 5.41) is 5.53. The van der Waals surface area contributed by atoms with Gasteiger partial charge < -0.3 is 15.4 Å². The first-order valence-electron chi connectivity index (χ1n) is 9.26. The van der Waals surface area contributed by atoms with Gasteiger partial charge in [-0.2, -0.15) is 0 Å². The first kappa shape index (κ1) is 19.0. The van der Waals surface area contributed by atoms with E-state index in [0.717, 1.165) is 18.4 Å². The summed E-state index contributed by atoms with van der Waals surface area (Å²) in [7, 11) is 1.57. The lowest BCUT2D eigenvalue weighted by atomic mass is 9.59. The van der Waals surface area contributed by atoms with Gasteiger partial charge in [0.1, 0.15) is 5.75 Å². The third-order valence-electron chi connectivity index (χ3n) is 5.27. The molecule has 2 aromatic rings. The molecule has 142 valence electrons. The molecule has 0 spiro atoms. The summed E-state index contributed by atoms with van der Waals surface area (Å²) in [6, 6.07) is 17.8. The second-order valence-corrected chi connectivity index (χ2v) is 7.36. The molecule has 5 heteroatoms. The highest BCUT2D eigenvalue weighted by Crippen LogP contribution is 2.47. The molecular formula is C22H26N2O3. The van der Waals surface area contributed by atoms with Crippen LogP contribution in [-0.4, -0.2) is 25.5 Å². The average Bonchev–Trinajstić information content (AvgIpc) is 2.69. The van der Waals surface area contributed by atoms with Gasteiger partial charge in [-0.15, -0.1) is 0 Å². The maximum Gasteiger partial charge on any atom is 0.257 e. The third-order valence-corrected chi connectivity index (χ3v) is 5.27. The van der Waals surface area contributed by atoms with Crippen molar-refractivity contribution in [2.75, 3.05) is 13.7 Å². The van der Waals surface area contributed by atoms with Crippen LogP contribution >= 0.6 is 0 Å². The number of hydrogen-bond acceptors (Lipinski definition) is 3. The topological polar surface area (TPSA) is 67.4 Å². The van der Waals surface area contributed by atoms with Gasteiger partial charge in [0.25, 0.3) is 5.91 Å². The lowest BCUT2D eigenvalue weighted by Crippen LogP contribution is -2.46. The van der Waals surface area contributed by atoms with Gasteiger partial charge in [-0.25, -0.2) is 0 Å². The average molecular weight is 366 g/mol. The van der Waals surface area contributed by atoms with Gasteiger partial charge in [0.2, 0.25) is 5.91 Å². The van der Waals surface area contributed by atoms with E-state index in [1.54, 1.807) is 19.2 Å². The van der Waals surface area contributed by atoms with Crippen molar-refractivity contribution in [3.8, 4) is 5.75 Å². The van der Waals surface area contributed by atoms with Crippen LogP contribution in [0.1, 0.15) is 30.9 Å². The first-order chi connectivity index (χ1) is 13.0. The number of rotatable bonds is 7. The van der Waals surface area contributed by atoms with Crippen LogP contribution in [0.2, 0.25) is 0 Å². The van der Waals surface area contributed by atoms with E-state index in [1.807, 2.05) is 18.2 Å². The van der Waals surface area contributed by atoms with E-state index >= 15 is 0 Å². The van der Waals surface area contributed by atoms with E-state index in [9.17, 15) is 9.59 Å². The number of likely N-dealkylation sites (N-methyl/N-ethyl adjacent to an activating group) is 1. The number of carbonyl (C=O) groups is 2.